The van der Waals surface area contributed by atoms with Crippen LogP contribution in [0.5, 0.6) is 5.75 Å². The zero-order valence-electron chi connectivity index (χ0n) is 24.9. The first-order chi connectivity index (χ1) is 20.2. The fourth-order valence-corrected chi connectivity index (χ4v) is 4.93. The van der Waals surface area contributed by atoms with Crippen molar-refractivity contribution in [2.75, 3.05) is 39.4 Å². The minimum absolute atomic E-state index is 0.0802. The Morgan fingerprint density at radius 3 is 2.21 bits per heavy atom. The minimum Gasteiger partial charge on any atom is -0.481 e. The molecule has 1 aromatic heterocycles. The van der Waals surface area contributed by atoms with Gasteiger partial charge in [0.05, 0.1) is 30.3 Å². The van der Waals surface area contributed by atoms with Crippen LogP contribution in [0.15, 0.2) is 12.1 Å². The maximum Gasteiger partial charge on any atom is 0.409 e. The molecule has 3 N–H and O–H groups in total. The summed E-state index contributed by atoms with van der Waals surface area (Å²) in [5.41, 5.74) is 4.83. The molecule has 2 aromatic rings. The second kappa shape index (κ2) is 13.9. The summed E-state index contributed by atoms with van der Waals surface area (Å²) in [5, 5.41) is 10.1. The molecule has 43 heavy (non-hydrogen) atoms. The van der Waals surface area contributed by atoms with E-state index in [1.165, 1.54) is 29.7 Å². The second-order valence-corrected chi connectivity index (χ2v) is 10.9. The van der Waals surface area contributed by atoms with Crippen molar-refractivity contribution in [3.8, 4) is 5.75 Å². The highest BCUT2D eigenvalue weighted by Crippen LogP contribution is 2.40. The first-order valence-electron chi connectivity index (χ1n) is 13.9. The number of hydrogen-bond acceptors (Lipinski definition) is 9. The van der Waals surface area contributed by atoms with Gasteiger partial charge in [-0.05, 0) is 58.7 Å². The summed E-state index contributed by atoms with van der Waals surface area (Å²) < 4.78 is 16.3. The van der Waals surface area contributed by atoms with Gasteiger partial charge >= 0.3 is 18.0 Å². The first-order valence-corrected chi connectivity index (χ1v) is 14.3. The molecule has 234 valence electrons. The molecule has 1 aliphatic heterocycles. The zero-order chi connectivity index (χ0) is 32.1. The van der Waals surface area contributed by atoms with Crippen LogP contribution in [0.25, 0.3) is 10.9 Å². The maximum atomic E-state index is 14.0. The molecule has 13 nitrogen and oxygen atoms in total. The number of aryl methyl sites for hydroxylation is 1. The van der Waals surface area contributed by atoms with E-state index < -0.39 is 47.8 Å². The largest absolute Gasteiger partial charge is 0.481 e. The zero-order valence-corrected chi connectivity index (χ0v) is 25.7. The third kappa shape index (κ3) is 7.64. The van der Waals surface area contributed by atoms with Gasteiger partial charge in [0.1, 0.15) is 11.3 Å². The average Bonchev–Trinajstić information content (AvgIpc) is 2.94. The third-order valence-electron chi connectivity index (χ3n) is 7.01. The number of hydrogen-bond donors (Lipinski definition) is 2. The summed E-state index contributed by atoms with van der Waals surface area (Å²) in [5.74, 6) is -4.73. The Kier molecular flexibility index (Phi) is 10.8. The maximum absolute atomic E-state index is 14.0. The molecule has 3 rings (SSSR count). The lowest BCUT2D eigenvalue weighted by molar-refractivity contribution is -0.158. The van der Waals surface area contributed by atoms with E-state index in [1.54, 1.807) is 26.8 Å². The molecule has 0 aliphatic carbocycles. The molecule has 1 unspecified atom stereocenters. The molecule has 1 saturated heterocycles. The number of rotatable bonds is 11. The molecule has 1 aliphatic rings. The fraction of sp³-hybridized carbons (Fsp3) is 0.517. The number of nitrogens with zero attached hydrogens (tertiary/aromatic N) is 3. The number of carbonyl (C=O) groups is 5. The Morgan fingerprint density at radius 2 is 1.65 bits per heavy atom. The Morgan fingerprint density at radius 1 is 1.05 bits per heavy atom. The summed E-state index contributed by atoms with van der Waals surface area (Å²) in [6.45, 7) is 8.95. The lowest BCUT2D eigenvalue weighted by Crippen LogP contribution is -2.52. The van der Waals surface area contributed by atoms with Crippen LogP contribution >= 0.6 is 11.6 Å². The number of aromatic nitrogens is 1. The van der Waals surface area contributed by atoms with Crippen molar-refractivity contribution in [3.63, 3.8) is 0 Å². The molecule has 2 heterocycles. The van der Waals surface area contributed by atoms with Crippen LogP contribution in [0.3, 0.4) is 0 Å². The Bertz CT molecular complexity index is 1420. The number of aliphatic carboxylic acids is 1. The van der Waals surface area contributed by atoms with Crippen LogP contribution in [0, 0.1) is 6.92 Å². The van der Waals surface area contributed by atoms with Crippen molar-refractivity contribution in [2.24, 2.45) is 5.73 Å². The fourth-order valence-electron chi connectivity index (χ4n) is 4.76. The summed E-state index contributed by atoms with van der Waals surface area (Å²) in [4.78, 5) is 71.3. The molecular weight excluding hydrogens is 584 g/mol. The topological polar surface area (TPSA) is 179 Å². The number of primary amides is 1. The molecular formula is C29H37ClN4O9. The standard InChI is InChI=1S/C29H37ClN4O9/c1-6-41-27(39)29(4,5)43-24-18-15-19(30)16(3)14-20(18)32-23(22(24)25(31)37)17(8-9-21(35)36)26(38)33-10-12-34(13-11-33)28(40)42-7-2/h14-15,17H,6-13H2,1-5H3,(H2,31,37)(H,35,36). The number of nitrogens with two attached hydrogens (primary N) is 1. The van der Waals surface area contributed by atoms with Crippen LogP contribution in [-0.4, -0.2) is 94.7 Å². The molecule has 0 saturated carbocycles. The second-order valence-electron chi connectivity index (χ2n) is 10.5. The number of pyridine rings is 1. The van der Waals surface area contributed by atoms with Crippen molar-refractivity contribution in [1.82, 2.24) is 14.8 Å². The van der Waals surface area contributed by atoms with E-state index in [4.69, 9.17) is 31.5 Å². The SMILES string of the molecule is CCOC(=O)N1CCN(C(=O)C(CCC(=O)O)c2nc3cc(C)c(Cl)cc3c(OC(C)(C)C(=O)OCC)c2C(N)=O)CC1. The lowest BCUT2D eigenvalue weighted by atomic mass is 9.91. The molecule has 0 radical (unpaired) electrons. The van der Waals surface area contributed by atoms with E-state index in [0.29, 0.717) is 10.6 Å². The number of benzene rings is 1. The van der Waals surface area contributed by atoms with Crippen molar-refractivity contribution in [3.05, 3.63) is 34.0 Å². The minimum atomic E-state index is -1.60. The molecule has 1 fully saturated rings. The van der Waals surface area contributed by atoms with E-state index in [-0.39, 0.29) is 73.7 Å². The van der Waals surface area contributed by atoms with Gasteiger partial charge in [0.25, 0.3) is 5.91 Å². The van der Waals surface area contributed by atoms with Crippen LogP contribution in [0.1, 0.15) is 68.1 Å². The number of piperazine rings is 1. The summed E-state index contributed by atoms with van der Waals surface area (Å²) in [7, 11) is 0. The van der Waals surface area contributed by atoms with Crippen LogP contribution in [0.4, 0.5) is 4.79 Å². The van der Waals surface area contributed by atoms with Gasteiger partial charge in [0.2, 0.25) is 5.91 Å². The average molecular weight is 621 g/mol. The van der Waals surface area contributed by atoms with E-state index >= 15 is 0 Å². The van der Waals surface area contributed by atoms with E-state index in [0.717, 1.165) is 0 Å². The molecule has 1 atom stereocenters. The quantitative estimate of drug-likeness (QED) is 0.354. The van der Waals surface area contributed by atoms with Crippen LogP contribution in [-0.2, 0) is 23.9 Å². The monoisotopic (exact) mass is 620 g/mol. The normalized spacial score (nSPS) is 14.3. The van der Waals surface area contributed by atoms with Crippen LogP contribution in [0.2, 0.25) is 5.02 Å². The van der Waals surface area contributed by atoms with Gasteiger partial charge in [0, 0.05) is 43.0 Å². The van der Waals surface area contributed by atoms with Gasteiger partial charge in [-0.15, -0.1) is 0 Å². The highest BCUT2D eigenvalue weighted by molar-refractivity contribution is 6.32. The van der Waals surface area contributed by atoms with Gasteiger partial charge in [-0.2, -0.15) is 0 Å². The Hall–Kier alpha value is -4.13. The van der Waals surface area contributed by atoms with Gasteiger partial charge < -0.3 is 34.9 Å². The summed E-state index contributed by atoms with van der Waals surface area (Å²) >= 11 is 6.41. The van der Waals surface area contributed by atoms with Crippen molar-refractivity contribution in [2.45, 2.75) is 59.0 Å². The number of esters is 1. The predicted molar refractivity (Wildman–Crippen MR) is 156 cm³/mol. The Balaban J connectivity index is 2.20. The number of amides is 3. The lowest BCUT2D eigenvalue weighted by Gasteiger charge is -2.36. The summed E-state index contributed by atoms with van der Waals surface area (Å²) in [6, 6.07) is 3.15. The number of carboxylic acids is 1. The number of carboxylic acid groups (broad SMARTS) is 1. The van der Waals surface area contributed by atoms with Crippen molar-refractivity contribution in [1.29, 1.82) is 0 Å². The van der Waals surface area contributed by atoms with Gasteiger partial charge in [-0.1, -0.05) is 11.6 Å². The molecule has 0 bridgehead atoms. The predicted octanol–water partition coefficient (Wildman–Crippen LogP) is 3.27. The first kappa shape index (κ1) is 33.4. The van der Waals surface area contributed by atoms with Gasteiger partial charge in [-0.3, -0.25) is 19.4 Å². The molecule has 1 aromatic carbocycles. The number of carbonyl (C=O) groups excluding carboxylic acids is 4. The molecule has 14 heteroatoms. The highest BCUT2D eigenvalue weighted by Gasteiger charge is 2.38. The third-order valence-corrected chi connectivity index (χ3v) is 7.42. The van der Waals surface area contributed by atoms with E-state index in [2.05, 4.69) is 4.98 Å². The van der Waals surface area contributed by atoms with Gasteiger partial charge in [-0.25, -0.2) is 9.59 Å². The smallest absolute Gasteiger partial charge is 0.409 e. The van der Waals surface area contributed by atoms with E-state index in [9.17, 15) is 29.1 Å². The van der Waals surface area contributed by atoms with Crippen molar-refractivity contribution < 1.29 is 43.3 Å². The highest BCUT2D eigenvalue weighted by atomic mass is 35.5. The number of ether oxygens (including phenoxy) is 3. The molecule has 3 amide bonds. The Labute approximate surface area is 254 Å². The van der Waals surface area contributed by atoms with E-state index in [1.807, 2.05) is 0 Å². The molecule has 0 spiro atoms. The number of fused-ring (bicyclic) bond motifs is 1. The van der Waals surface area contributed by atoms with Gasteiger partial charge in [0.15, 0.2) is 5.60 Å². The van der Waals surface area contributed by atoms with Crippen molar-refractivity contribution >= 4 is 52.4 Å². The summed E-state index contributed by atoms with van der Waals surface area (Å²) in [6.07, 6.45) is -1.12. The number of halogens is 1. The van der Waals surface area contributed by atoms with Crippen LogP contribution < -0.4 is 10.5 Å².